The van der Waals surface area contributed by atoms with Crippen LogP contribution in [0.25, 0.3) is 11.0 Å². The minimum atomic E-state index is -0.0915. The molecule has 0 bridgehead atoms. The Bertz CT molecular complexity index is 757. The summed E-state index contributed by atoms with van der Waals surface area (Å²) in [5.41, 5.74) is 8.52. The van der Waals surface area contributed by atoms with Crippen LogP contribution in [0.2, 0.25) is 0 Å². The van der Waals surface area contributed by atoms with E-state index in [1.165, 1.54) is 0 Å². The summed E-state index contributed by atoms with van der Waals surface area (Å²) in [5.74, 6) is 0.592. The molecule has 0 saturated heterocycles. The van der Waals surface area contributed by atoms with E-state index in [1.54, 1.807) is 28.8 Å². The Hall–Kier alpha value is -2.62. The topological polar surface area (TPSA) is 60.9 Å². The monoisotopic (exact) mass is 251 g/mol. The summed E-state index contributed by atoms with van der Waals surface area (Å²) in [5, 5.41) is 0. The molecule has 1 heterocycles. The summed E-state index contributed by atoms with van der Waals surface area (Å²) < 4.78 is 1.63. The zero-order chi connectivity index (χ0) is 13.4. The van der Waals surface area contributed by atoms with Gasteiger partial charge in [0.2, 0.25) is 0 Å². The van der Waals surface area contributed by atoms with E-state index in [0.29, 0.717) is 17.1 Å². The predicted molar refractivity (Wildman–Crippen MR) is 75.1 cm³/mol. The number of anilines is 1. The van der Waals surface area contributed by atoms with Crippen molar-refractivity contribution in [2.24, 2.45) is 0 Å². The first-order chi connectivity index (χ1) is 9.16. The van der Waals surface area contributed by atoms with Gasteiger partial charge in [0, 0.05) is 11.3 Å². The third-order valence-electron chi connectivity index (χ3n) is 3.09. The van der Waals surface area contributed by atoms with Gasteiger partial charge in [-0.25, -0.2) is 4.98 Å². The van der Waals surface area contributed by atoms with Gasteiger partial charge in [-0.15, -0.1) is 0 Å². The van der Waals surface area contributed by atoms with E-state index < -0.39 is 0 Å². The molecule has 0 fully saturated rings. The van der Waals surface area contributed by atoms with Gasteiger partial charge in [-0.1, -0.05) is 12.1 Å². The van der Waals surface area contributed by atoms with Crippen LogP contribution in [-0.2, 0) is 0 Å². The molecular weight excluding hydrogens is 238 g/mol. The molecular formula is C15H13N3O. The molecule has 0 spiro atoms. The highest BCUT2D eigenvalue weighted by molar-refractivity contribution is 6.01. The van der Waals surface area contributed by atoms with Crippen molar-refractivity contribution < 1.29 is 4.79 Å². The van der Waals surface area contributed by atoms with Gasteiger partial charge in [-0.2, -0.15) is 0 Å². The molecule has 0 saturated carbocycles. The Kier molecular flexibility index (Phi) is 2.56. The van der Waals surface area contributed by atoms with Crippen molar-refractivity contribution in [2.45, 2.75) is 6.92 Å². The summed E-state index contributed by atoms with van der Waals surface area (Å²) in [6.07, 6.45) is 0. The van der Waals surface area contributed by atoms with Crippen LogP contribution in [0.15, 0.2) is 48.5 Å². The van der Waals surface area contributed by atoms with Crippen LogP contribution < -0.4 is 5.73 Å². The first kappa shape index (κ1) is 11.5. The van der Waals surface area contributed by atoms with Gasteiger partial charge in [-0.3, -0.25) is 9.36 Å². The number of imidazole rings is 1. The van der Waals surface area contributed by atoms with Gasteiger partial charge >= 0.3 is 0 Å². The number of rotatable bonds is 1. The molecule has 0 aliphatic rings. The number of aromatic nitrogens is 2. The van der Waals surface area contributed by atoms with Crippen LogP contribution in [0.3, 0.4) is 0 Å². The lowest BCUT2D eigenvalue weighted by Gasteiger charge is -2.05. The molecule has 2 N–H and O–H groups in total. The lowest BCUT2D eigenvalue weighted by Crippen LogP contribution is -2.13. The van der Waals surface area contributed by atoms with E-state index in [9.17, 15) is 4.79 Å². The summed E-state index contributed by atoms with van der Waals surface area (Å²) in [7, 11) is 0. The van der Waals surface area contributed by atoms with Crippen molar-refractivity contribution in [1.29, 1.82) is 0 Å². The van der Waals surface area contributed by atoms with E-state index in [4.69, 9.17) is 5.73 Å². The third-order valence-corrected chi connectivity index (χ3v) is 3.09. The number of benzene rings is 2. The quantitative estimate of drug-likeness (QED) is 0.676. The summed E-state index contributed by atoms with van der Waals surface area (Å²) in [6.45, 7) is 1.83. The highest BCUT2D eigenvalue weighted by Crippen LogP contribution is 2.17. The second kappa shape index (κ2) is 4.24. The van der Waals surface area contributed by atoms with Crippen molar-refractivity contribution in [1.82, 2.24) is 9.55 Å². The number of carbonyl (C=O) groups is 1. The second-order valence-electron chi connectivity index (χ2n) is 4.41. The van der Waals surface area contributed by atoms with Gasteiger partial charge in [0.05, 0.1) is 11.0 Å². The van der Waals surface area contributed by atoms with Crippen LogP contribution in [-0.4, -0.2) is 15.5 Å². The summed E-state index contributed by atoms with van der Waals surface area (Å²) in [4.78, 5) is 16.9. The van der Waals surface area contributed by atoms with Gasteiger partial charge in [0.25, 0.3) is 5.91 Å². The van der Waals surface area contributed by atoms with Crippen molar-refractivity contribution in [3.05, 3.63) is 59.9 Å². The molecule has 0 radical (unpaired) electrons. The Morgan fingerprint density at radius 1 is 1.11 bits per heavy atom. The third kappa shape index (κ3) is 1.87. The average molecular weight is 251 g/mol. The molecule has 4 heteroatoms. The molecule has 19 heavy (non-hydrogen) atoms. The second-order valence-corrected chi connectivity index (χ2v) is 4.41. The van der Waals surface area contributed by atoms with Crippen molar-refractivity contribution in [2.75, 3.05) is 5.73 Å². The molecule has 94 valence electrons. The van der Waals surface area contributed by atoms with E-state index in [0.717, 1.165) is 11.0 Å². The van der Waals surface area contributed by atoms with Crippen LogP contribution in [0.1, 0.15) is 16.2 Å². The van der Waals surface area contributed by atoms with Crippen molar-refractivity contribution in [3.8, 4) is 0 Å². The van der Waals surface area contributed by atoms with Crippen LogP contribution in [0.5, 0.6) is 0 Å². The maximum absolute atomic E-state index is 12.5. The number of para-hydroxylation sites is 2. The molecule has 0 atom stereocenters. The fourth-order valence-corrected chi connectivity index (χ4v) is 2.16. The zero-order valence-electron chi connectivity index (χ0n) is 10.5. The van der Waals surface area contributed by atoms with Gasteiger partial charge < -0.3 is 5.73 Å². The number of fused-ring (bicyclic) bond motifs is 1. The molecule has 0 unspecified atom stereocenters. The number of carbonyl (C=O) groups excluding carboxylic acids is 1. The van der Waals surface area contributed by atoms with Crippen molar-refractivity contribution in [3.63, 3.8) is 0 Å². The van der Waals surface area contributed by atoms with E-state index in [-0.39, 0.29) is 5.91 Å². The molecule has 1 aromatic heterocycles. The van der Waals surface area contributed by atoms with E-state index in [1.807, 2.05) is 31.2 Å². The molecule has 3 aromatic rings. The Morgan fingerprint density at radius 3 is 2.53 bits per heavy atom. The lowest BCUT2D eigenvalue weighted by atomic mass is 10.2. The lowest BCUT2D eigenvalue weighted by molar-refractivity contribution is 0.0962. The molecule has 0 aliphatic carbocycles. The molecule has 0 amide bonds. The number of nitrogens with zero attached hydrogens (tertiary/aromatic N) is 2. The van der Waals surface area contributed by atoms with Crippen LogP contribution >= 0.6 is 0 Å². The maximum Gasteiger partial charge on any atom is 0.263 e. The normalized spacial score (nSPS) is 10.8. The van der Waals surface area contributed by atoms with Gasteiger partial charge in [0.15, 0.2) is 0 Å². The Morgan fingerprint density at radius 2 is 1.79 bits per heavy atom. The van der Waals surface area contributed by atoms with Gasteiger partial charge in [0.1, 0.15) is 5.82 Å². The number of nitrogens with two attached hydrogens (primary N) is 1. The smallest absolute Gasteiger partial charge is 0.263 e. The van der Waals surface area contributed by atoms with Gasteiger partial charge in [-0.05, 0) is 43.3 Å². The number of hydrogen-bond acceptors (Lipinski definition) is 3. The van der Waals surface area contributed by atoms with Crippen LogP contribution in [0, 0.1) is 6.92 Å². The number of aryl methyl sites for hydroxylation is 1. The number of hydrogen-bond donors (Lipinski definition) is 1. The minimum Gasteiger partial charge on any atom is -0.399 e. The molecule has 4 nitrogen and oxygen atoms in total. The zero-order valence-corrected chi connectivity index (χ0v) is 10.5. The van der Waals surface area contributed by atoms with E-state index in [2.05, 4.69) is 4.98 Å². The molecule has 3 rings (SSSR count). The summed E-state index contributed by atoms with van der Waals surface area (Å²) >= 11 is 0. The Balaban J connectivity index is 2.16. The predicted octanol–water partition coefficient (Wildman–Crippen LogP) is 2.62. The van der Waals surface area contributed by atoms with Crippen LogP contribution in [0.4, 0.5) is 5.69 Å². The SMILES string of the molecule is Cc1nc2ccccc2n1C(=O)c1ccc(N)cc1. The maximum atomic E-state index is 12.5. The minimum absolute atomic E-state index is 0.0915. The van der Waals surface area contributed by atoms with E-state index >= 15 is 0 Å². The fourth-order valence-electron chi connectivity index (χ4n) is 2.16. The Labute approximate surface area is 110 Å². The summed E-state index contributed by atoms with van der Waals surface area (Å²) in [6, 6.07) is 14.5. The first-order valence-electron chi connectivity index (χ1n) is 6.01. The average Bonchev–Trinajstić information content (AvgIpc) is 2.74. The molecule has 2 aromatic carbocycles. The standard InChI is InChI=1S/C15H13N3O/c1-10-17-13-4-2-3-5-14(13)18(10)15(19)11-6-8-12(16)9-7-11/h2-9H,16H2,1H3. The highest BCUT2D eigenvalue weighted by Gasteiger charge is 2.15. The first-order valence-corrected chi connectivity index (χ1v) is 6.01. The largest absolute Gasteiger partial charge is 0.399 e. The fraction of sp³-hybridized carbons (Fsp3) is 0.0667. The number of nitrogen functional groups attached to an aromatic ring is 1. The van der Waals surface area contributed by atoms with Crippen molar-refractivity contribution >= 4 is 22.6 Å². The highest BCUT2D eigenvalue weighted by atomic mass is 16.2. The molecule has 0 aliphatic heterocycles.